The maximum absolute atomic E-state index is 4.59. The van der Waals surface area contributed by atoms with Crippen LogP contribution in [0.1, 0.15) is 22.6 Å². The number of hydrogen-bond donors (Lipinski definition) is 0. The average Bonchev–Trinajstić information content (AvgIpc) is 3.14. The van der Waals surface area contributed by atoms with Crippen LogP contribution in [0.2, 0.25) is 0 Å². The second kappa shape index (κ2) is 5.34. The Hall–Kier alpha value is -2.41. The summed E-state index contributed by atoms with van der Waals surface area (Å²) in [4.78, 5) is 13.6. The lowest BCUT2D eigenvalue weighted by atomic mass is 10.2. The molecule has 0 fully saturated rings. The van der Waals surface area contributed by atoms with Gasteiger partial charge in [0.05, 0.1) is 5.69 Å². The summed E-state index contributed by atoms with van der Waals surface area (Å²) < 4.78 is 3.83. The molecule has 0 aromatic carbocycles. The molecule has 0 bridgehead atoms. The highest BCUT2D eigenvalue weighted by molar-refractivity contribution is 7.98. The number of hydrogen-bond acceptors (Lipinski definition) is 5. The third-order valence-corrected chi connectivity index (χ3v) is 4.88. The van der Waals surface area contributed by atoms with Gasteiger partial charge in [0.2, 0.25) is 5.16 Å². The fourth-order valence-electron chi connectivity index (χ4n) is 2.49. The summed E-state index contributed by atoms with van der Waals surface area (Å²) in [5.41, 5.74) is 5.20. The lowest BCUT2D eigenvalue weighted by Gasteiger charge is -2.04. The van der Waals surface area contributed by atoms with Crippen molar-refractivity contribution in [1.82, 2.24) is 29.0 Å². The van der Waals surface area contributed by atoms with Crippen LogP contribution in [-0.2, 0) is 5.75 Å². The Kier molecular flexibility index (Phi) is 3.30. The van der Waals surface area contributed by atoms with Crippen molar-refractivity contribution in [2.75, 3.05) is 0 Å². The molecule has 0 atom stereocenters. The van der Waals surface area contributed by atoms with E-state index >= 15 is 0 Å². The van der Waals surface area contributed by atoms with Gasteiger partial charge in [-0.15, -0.1) is 5.10 Å². The van der Waals surface area contributed by atoms with Crippen molar-refractivity contribution >= 4 is 23.2 Å². The largest absolute Gasteiger partial charge is 0.307 e. The third kappa shape index (κ3) is 2.46. The zero-order chi connectivity index (χ0) is 16.0. The van der Waals surface area contributed by atoms with Crippen LogP contribution in [0.15, 0.2) is 35.7 Å². The Labute approximate surface area is 137 Å². The fourth-order valence-corrected chi connectivity index (χ4v) is 3.20. The number of rotatable bonds is 3. The first-order chi connectivity index (χ1) is 11.1. The predicted octanol–water partition coefficient (Wildman–Crippen LogP) is 2.99. The molecule has 23 heavy (non-hydrogen) atoms. The van der Waals surface area contributed by atoms with Crippen LogP contribution in [0.3, 0.4) is 0 Å². The standard InChI is InChI=1S/C16H16N6S/c1-10-11(2)17-15-19-16(20-22(15)12(10)3)23-9-13-8-21-7-5-4-6-14(21)18-13/h4-8H,9H2,1-3H3. The topological polar surface area (TPSA) is 60.4 Å². The van der Waals surface area contributed by atoms with E-state index in [1.807, 2.05) is 53.4 Å². The van der Waals surface area contributed by atoms with E-state index in [1.54, 1.807) is 11.8 Å². The molecule has 0 aliphatic rings. The first-order valence-corrected chi connectivity index (χ1v) is 8.36. The van der Waals surface area contributed by atoms with Crippen LogP contribution < -0.4 is 0 Å². The van der Waals surface area contributed by atoms with E-state index in [0.29, 0.717) is 5.78 Å². The molecule has 0 spiro atoms. The van der Waals surface area contributed by atoms with Gasteiger partial charge in [0, 0.05) is 29.5 Å². The van der Waals surface area contributed by atoms with Gasteiger partial charge in [-0.05, 0) is 38.5 Å². The van der Waals surface area contributed by atoms with E-state index < -0.39 is 0 Å². The number of aromatic nitrogens is 6. The van der Waals surface area contributed by atoms with Crippen LogP contribution in [-0.4, -0.2) is 29.0 Å². The summed E-state index contributed by atoms with van der Waals surface area (Å²) in [6.45, 7) is 6.10. The van der Waals surface area contributed by atoms with Gasteiger partial charge in [0.1, 0.15) is 5.65 Å². The normalized spacial score (nSPS) is 11.6. The van der Waals surface area contributed by atoms with Gasteiger partial charge in [0.15, 0.2) is 0 Å². The first kappa shape index (κ1) is 14.2. The van der Waals surface area contributed by atoms with E-state index in [1.165, 1.54) is 0 Å². The molecule has 4 heterocycles. The van der Waals surface area contributed by atoms with E-state index in [4.69, 9.17) is 0 Å². The van der Waals surface area contributed by atoms with E-state index in [9.17, 15) is 0 Å². The SMILES string of the molecule is Cc1nc2nc(SCc3cn4ccccc4n3)nn2c(C)c1C. The quantitative estimate of drug-likeness (QED) is 0.542. The van der Waals surface area contributed by atoms with E-state index in [0.717, 1.165) is 39.2 Å². The first-order valence-electron chi connectivity index (χ1n) is 7.38. The Balaban J connectivity index is 1.61. The molecule has 4 aromatic heterocycles. The molecular formula is C16H16N6S. The smallest absolute Gasteiger partial charge is 0.253 e. The number of nitrogens with zero attached hydrogens (tertiary/aromatic N) is 6. The molecule has 0 saturated carbocycles. The minimum atomic E-state index is 0.656. The minimum Gasteiger partial charge on any atom is -0.307 e. The molecule has 0 N–H and O–H groups in total. The van der Waals surface area contributed by atoms with Crippen molar-refractivity contribution in [2.45, 2.75) is 31.7 Å². The molecule has 4 aromatic rings. The van der Waals surface area contributed by atoms with Crippen molar-refractivity contribution < 1.29 is 0 Å². The molecule has 0 unspecified atom stereocenters. The lowest BCUT2D eigenvalue weighted by molar-refractivity contribution is 0.832. The fraction of sp³-hybridized carbons (Fsp3) is 0.250. The second-order valence-electron chi connectivity index (χ2n) is 5.50. The number of imidazole rings is 1. The second-order valence-corrected chi connectivity index (χ2v) is 6.44. The molecule has 0 aliphatic carbocycles. The van der Waals surface area contributed by atoms with Crippen molar-refractivity contribution in [2.24, 2.45) is 0 Å². The summed E-state index contributed by atoms with van der Waals surface area (Å²) in [6.07, 6.45) is 4.04. The van der Waals surface area contributed by atoms with Crippen molar-refractivity contribution in [1.29, 1.82) is 0 Å². The molecule has 0 saturated heterocycles. The number of thioether (sulfide) groups is 1. The summed E-state index contributed by atoms with van der Waals surface area (Å²) in [5.74, 6) is 1.39. The van der Waals surface area contributed by atoms with Gasteiger partial charge >= 0.3 is 0 Å². The van der Waals surface area contributed by atoms with Crippen LogP contribution in [0.5, 0.6) is 0 Å². The highest BCUT2D eigenvalue weighted by Gasteiger charge is 2.12. The van der Waals surface area contributed by atoms with E-state index in [2.05, 4.69) is 27.0 Å². The molecule has 0 aliphatic heterocycles. The maximum Gasteiger partial charge on any atom is 0.253 e. The minimum absolute atomic E-state index is 0.656. The van der Waals surface area contributed by atoms with Crippen LogP contribution in [0, 0.1) is 20.8 Å². The summed E-state index contributed by atoms with van der Waals surface area (Å²) in [6, 6.07) is 5.98. The lowest BCUT2D eigenvalue weighted by Crippen LogP contribution is -2.02. The zero-order valence-electron chi connectivity index (χ0n) is 13.2. The molecule has 4 rings (SSSR count). The third-order valence-electron chi connectivity index (χ3n) is 4.00. The molecule has 116 valence electrons. The van der Waals surface area contributed by atoms with Crippen molar-refractivity contribution in [3.05, 3.63) is 53.2 Å². The predicted molar refractivity (Wildman–Crippen MR) is 89.7 cm³/mol. The molecule has 7 heteroatoms. The van der Waals surface area contributed by atoms with Crippen LogP contribution >= 0.6 is 11.8 Å². The zero-order valence-corrected chi connectivity index (χ0v) is 14.0. The van der Waals surface area contributed by atoms with Crippen LogP contribution in [0.4, 0.5) is 0 Å². The molecule has 0 amide bonds. The summed E-state index contributed by atoms with van der Waals surface area (Å²) >= 11 is 1.58. The van der Waals surface area contributed by atoms with Gasteiger partial charge < -0.3 is 4.40 Å². The Morgan fingerprint density at radius 1 is 1.09 bits per heavy atom. The van der Waals surface area contributed by atoms with Crippen molar-refractivity contribution in [3.63, 3.8) is 0 Å². The molecular weight excluding hydrogens is 308 g/mol. The number of aryl methyl sites for hydroxylation is 2. The van der Waals surface area contributed by atoms with Gasteiger partial charge in [-0.2, -0.15) is 4.98 Å². The highest BCUT2D eigenvalue weighted by atomic mass is 32.2. The van der Waals surface area contributed by atoms with Gasteiger partial charge in [0.25, 0.3) is 5.78 Å². The number of fused-ring (bicyclic) bond motifs is 2. The highest BCUT2D eigenvalue weighted by Crippen LogP contribution is 2.21. The van der Waals surface area contributed by atoms with Crippen LogP contribution in [0.25, 0.3) is 11.4 Å². The van der Waals surface area contributed by atoms with Gasteiger partial charge in [-0.1, -0.05) is 17.8 Å². The van der Waals surface area contributed by atoms with E-state index in [-0.39, 0.29) is 0 Å². The van der Waals surface area contributed by atoms with Crippen molar-refractivity contribution in [3.8, 4) is 0 Å². The molecule has 0 radical (unpaired) electrons. The van der Waals surface area contributed by atoms with Gasteiger partial charge in [-0.3, -0.25) is 0 Å². The average molecular weight is 324 g/mol. The Bertz CT molecular complexity index is 983. The molecule has 6 nitrogen and oxygen atoms in total. The number of pyridine rings is 1. The maximum atomic E-state index is 4.59. The Morgan fingerprint density at radius 3 is 2.78 bits per heavy atom. The summed E-state index contributed by atoms with van der Waals surface area (Å²) in [7, 11) is 0. The Morgan fingerprint density at radius 2 is 1.96 bits per heavy atom. The monoisotopic (exact) mass is 324 g/mol. The van der Waals surface area contributed by atoms with Gasteiger partial charge in [-0.25, -0.2) is 14.5 Å². The summed E-state index contributed by atoms with van der Waals surface area (Å²) in [5, 5.41) is 5.28.